The van der Waals surface area contributed by atoms with Crippen molar-refractivity contribution in [3.05, 3.63) is 72.1 Å². The molecule has 190 valence electrons. The van der Waals surface area contributed by atoms with Crippen LogP contribution >= 0.6 is 0 Å². The van der Waals surface area contributed by atoms with Crippen molar-refractivity contribution in [1.29, 1.82) is 0 Å². The quantitative estimate of drug-likeness (QED) is 0.259. The Hall–Kier alpha value is -3.43. The summed E-state index contributed by atoms with van der Waals surface area (Å²) in [5.74, 6) is 6.67. The maximum absolute atomic E-state index is 13.6. The molecule has 36 heavy (non-hydrogen) atoms. The number of anilines is 2. The SMILES string of the molecule is CC1(CNc2ncnc3ccc(NC(/C(N)=C/N(N)C4CC4)c4ccc(F)cc4)cc23)CCOCC1. The second-order valence-electron chi connectivity index (χ2n) is 10.2. The molecule has 5 rings (SSSR count). The van der Waals surface area contributed by atoms with Gasteiger partial charge in [0.25, 0.3) is 0 Å². The number of nitrogens with one attached hydrogen (secondary N) is 2. The highest BCUT2D eigenvalue weighted by molar-refractivity contribution is 5.91. The van der Waals surface area contributed by atoms with Crippen LogP contribution in [-0.4, -0.2) is 40.8 Å². The molecule has 1 saturated carbocycles. The van der Waals surface area contributed by atoms with E-state index < -0.39 is 6.04 Å². The number of hydrogen-bond acceptors (Lipinski definition) is 8. The van der Waals surface area contributed by atoms with Crippen LogP contribution < -0.4 is 22.2 Å². The second-order valence-corrected chi connectivity index (χ2v) is 10.2. The van der Waals surface area contributed by atoms with Crippen molar-refractivity contribution in [3.63, 3.8) is 0 Å². The summed E-state index contributed by atoms with van der Waals surface area (Å²) in [6, 6.07) is 12.2. The first-order valence-corrected chi connectivity index (χ1v) is 12.5. The summed E-state index contributed by atoms with van der Waals surface area (Å²) in [4.78, 5) is 8.97. The zero-order valence-corrected chi connectivity index (χ0v) is 20.6. The molecular formula is C27H34FN7O. The lowest BCUT2D eigenvalue weighted by atomic mass is 9.82. The molecule has 6 N–H and O–H groups in total. The first-order valence-electron chi connectivity index (χ1n) is 12.5. The molecule has 1 aliphatic carbocycles. The van der Waals surface area contributed by atoms with E-state index in [4.69, 9.17) is 16.3 Å². The molecule has 2 fully saturated rings. The molecule has 1 atom stereocenters. The lowest BCUT2D eigenvalue weighted by Crippen LogP contribution is -2.33. The number of ether oxygens (including phenoxy) is 1. The minimum atomic E-state index is -0.393. The Kier molecular flexibility index (Phi) is 6.93. The third-order valence-corrected chi connectivity index (χ3v) is 7.13. The Labute approximate surface area is 210 Å². The number of aromatic nitrogens is 2. The Morgan fingerprint density at radius 1 is 1.19 bits per heavy atom. The van der Waals surface area contributed by atoms with Gasteiger partial charge in [-0.15, -0.1) is 0 Å². The summed E-state index contributed by atoms with van der Waals surface area (Å²) in [5, 5.41) is 9.64. The molecule has 0 spiro atoms. The monoisotopic (exact) mass is 491 g/mol. The average Bonchev–Trinajstić information content (AvgIpc) is 3.73. The van der Waals surface area contributed by atoms with Gasteiger partial charge in [-0.05, 0) is 67.0 Å². The number of rotatable bonds is 9. The highest BCUT2D eigenvalue weighted by Gasteiger charge is 2.28. The van der Waals surface area contributed by atoms with Gasteiger partial charge in [0.05, 0.1) is 17.3 Å². The number of hydrazine groups is 1. The summed E-state index contributed by atoms with van der Waals surface area (Å²) in [6.45, 7) is 4.67. The van der Waals surface area contributed by atoms with Crippen LogP contribution in [0.1, 0.15) is 44.2 Å². The van der Waals surface area contributed by atoms with Gasteiger partial charge >= 0.3 is 0 Å². The molecule has 2 heterocycles. The number of hydrogen-bond donors (Lipinski definition) is 4. The number of nitrogens with two attached hydrogens (primary N) is 2. The molecule has 8 nitrogen and oxygen atoms in total. The van der Waals surface area contributed by atoms with Gasteiger partial charge in [-0.25, -0.2) is 20.2 Å². The first-order chi connectivity index (χ1) is 17.4. The zero-order valence-electron chi connectivity index (χ0n) is 20.6. The van der Waals surface area contributed by atoms with Gasteiger partial charge in [-0.3, -0.25) is 0 Å². The van der Waals surface area contributed by atoms with Crippen LogP contribution in [0.25, 0.3) is 10.9 Å². The first kappa shape index (κ1) is 24.3. The van der Waals surface area contributed by atoms with Gasteiger partial charge in [0.15, 0.2) is 0 Å². The molecule has 0 amide bonds. The molecule has 1 aromatic heterocycles. The zero-order chi connectivity index (χ0) is 25.1. The fourth-order valence-electron chi connectivity index (χ4n) is 4.53. The number of halogens is 1. The number of nitrogens with zero attached hydrogens (tertiary/aromatic N) is 3. The highest BCUT2D eigenvalue weighted by Crippen LogP contribution is 2.32. The van der Waals surface area contributed by atoms with Gasteiger partial charge in [-0.2, -0.15) is 0 Å². The minimum Gasteiger partial charge on any atom is -0.399 e. The van der Waals surface area contributed by atoms with Gasteiger partial charge < -0.3 is 26.1 Å². The maximum atomic E-state index is 13.6. The third kappa shape index (κ3) is 5.68. The predicted octanol–water partition coefficient (Wildman–Crippen LogP) is 4.29. The Morgan fingerprint density at radius 3 is 2.67 bits per heavy atom. The number of fused-ring (bicyclic) bond motifs is 1. The van der Waals surface area contributed by atoms with Gasteiger partial charge in [0, 0.05) is 43.1 Å². The van der Waals surface area contributed by atoms with E-state index in [1.165, 1.54) is 12.1 Å². The van der Waals surface area contributed by atoms with Crippen molar-refractivity contribution >= 4 is 22.4 Å². The lowest BCUT2D eigenvalue weighted by molar-refractivity contribution is 0.0300. The molecular weight excluding hydrogens is 457 g/mol. The van der Waals surface area contributed by atoms with E-state index in [1.807, 2.05) is 18.2 Å². The van der Waals surface area contributed by atoms with Crippen LogP contribution in [0, 0.1) is 11.2 Å². The summed E-state index contributed by atoms with van der Waals surface area (Å²) >= 11 is 0. The second kappa shape index (κ2) is 10.3. The molecule has 3 aromatic rings. The molecule has 0 radical (unpaired) electrons. The van der Waals surface area contributed by atoms with Crippen LogP contribution in [0.4, 0.5) is 15.9 Å². The lowest BCUT2D eigenvalue weighted by Gasteiger charge is -2.33. The number of benzene rings is 2. The average molecular weight is 492 g/mol. The fraction of sp³-hybridized carbons (Fsp3) is 0.407. The van der Waals surface area contributed by atoms with Crippen molar-refractivity contribution in [2.24, 2.45) is 17.0 Å². The predicted molar refractivity (Wildman–Crippen MR) is 140 cm³/mol. The van der Waals surface area contributed by atoms with E-state index in [0.29, 0.717) is 11.7 Å². The van der Waals surface area contributed by atoms with E-state index in [9.17, 15) is 4.39 Å². The van der Waals surface area contributed by atoms with Crippen molar-refractivity contribution in [3.8, 4) is 0 Å². The van der Waals surface area contributed by atoms with Crippen molar-refractivity contribution in [2.45, 2.75) is 44.7 Å². The van der Waals surface area contributed by atoms with Crippen molar-refractivity contribution in [1.82, 2.24) is 15.0 Å². The molecule has 1 aliphatic heterocycles. The highest BCUT2D eigenvalue weighted by atomic mass is 19.1. The molecule has 9 heteroatoms. The van der Waals surface area contributed by atoms with Gasteiger partial charge in [0.1, 0.15) is 18.0 Å². The molecule has 1 unspecified atom stereocenters. The third-order valence-electron chi connectivity index (χ3n) is 7.13. The molecule has 2 aromatic carbocycles. The fourth-order valence-corrected chi connectivity index (χ4v) is 4.53. The van der Waals surface area contributed by atoms with Crippen LogP contribution in [0.15, 0.2) is 60.7 Å². The molecule has 1 saturated heterocycles. The summed E-state index contributed by atoms with van der Waals surface area (Å²) in [6.07, 6.45) is 7.49. The molecule has 2 aliphatic rings. The Morgan fingerprint density at radius 2 is 1.94 bits per heavy atom. The minimum absolute atomic E-state index is 0.161. The molecule has 0 bridgehead atoms. The summed E-state index contributed by atoms with van der Waals surface area (Å²) < 4.78 is 19.2. The standard InChI is InChI=1S/C27H34FN7O/c1-27(10-12-36-13-11-27)16-31-26-22-14-20(6-9-24(22)32-17-33-26)34-25(18-2-4-19(28)5-3-18)23(29)15-35(30)21-7-8-21/h2-6,9,14-15,17,21,25,34H,7-8,10-13,16,29-30H2,1H3,(H,31,32,33)/b23-15-. The largest absolute Gasteiger partial charge is 0.399 e. The van der Waals surface area contributed by atoms with Crippen LogP contribution in [-0.2, 0) is 4.74 Å². The van der Waals surface area contributed by atoms with Crippen LogP contribution in [0.3, 0.4) is 0 Å². The van der Waals surface area contributed by atoms with E-state index >= 15 is 0 Å². The Balaban J connectivity index is 1.41. The smallest absolute Gasteiger partial charge is 0.137 e. The van der Waals surface area contributed by atoms with E-state index in [1.54, 1.807) is 29.7 Å². The summed E-state index contributed by atoms with van der Waals surface area (Å²) in [7, 11) is 0. The normalized spacial score (nSPS) is 18.6. The summed E-state index contributed by atoms with van der Waals surface area (Å²) in [5.41, 5.74) is 9.76. The van der Waals surface area contributed by atoms with E-state index in [0.717, 1.165) is 73.4 Å². The Bertz CT molecular complexity index is 1220. The van der Waals surface area contributed by atoms with Crippen LogP contribution in [0.2, 0.25) is 0 Å². The van der Waals surface area contributed by atoms with E-state index in [-0.39, 0.29) is 11.2 Å². The van der Waals surface area contributed by atoms with Gasteiger partial charge in [0.2, 0.25) is 0 Å². The van der Waals surface area contributed by atoms with Crippen molar-refractivity contribution < 1.29 is 9.13 Å². The van der Waals surface area contributed by atoms with E-state index in [2.05, 4.69) is 27.5 Å². The van der Waals surface area contributed by atoms with Crippen molar-refractivity contribution in [2.75, 3.05) is 30.4 Å². The maximum Gasteiger partial charge on any atom is 0.137 e. The topological polar surface area (TPSA) is 114 Å². The van der Waals surface area contributed by atoms with Crippen LogP contribution in [0.5, 0.6) is 0 Å². The van der Waals surface area contributed by atoms with Gasteiger partial charge in [-0.1, -0.05) is 19.1 Å².